The zero-order chi connectivity index (χ0) is 16.4. The smallest absolute Gasteiger partial charge is 0.253 e. The van der Waals surface area contributed by atoms with Crippen molar-refractivity contribution in [2.45, 2.75) is 19.9 Å². The highest BCUT2D eigenvalue weighted by molar-refractivity contribution is 6.31. The summed E-state index contributed by atoms with van der Waals surface area (Å²) in [7, 11) is 0. The number of nitrogens with one attached hydrogen (secondary N) is 1. The molecule has 0 saturated carbocycles. The summed E-state index contributed by atoms with van der Waals surface area (Å²) in [6, 6.07) is 17.1. The van der Waals surface area contributed by atoms with Crippen LogP contribution in [-0.4, -0.2) is 10.9 Å². The number of halogens is 1. The predicted octanol–water partition coefficient (Wildman–Crippen LogP) is 4.69. The Morgan fingerprint density at radius 1 is 1.13 bits per heavy atom. The maximum absolute atomic E-state index is 12.6. The van der Waals surface area contributed by atoms with E-state index in [1.54, 1.807) is 6.07 Å². The number of hydrogen-bond donors (Lipinski definition) is 1. The largest absolute Gasteiger partial charge is 0.345 e. The van der Waals surface area contributed by atoms with Gasteiger partial charge in [0, 0.05) is 10.4 Å². The van der Waals surface area contributed by atoms with Crippen LogP contribution in [0.25, 0.3) is 10.9 Å². The lowest BCUT2D eigenvalue weighted by Crippen LogP contribution is -2.27. The molecular formula is C19H17ClN2O. The van der Waals surface area contributed by atoms with Gasteiger partial charge in [-0.1, -0.05) is 41.9 Å². The molecule has 1 N–H and O–H groups in total. The minimum Gasteiger partial charge on any atom is -0.345 e. The molecule has 1 aromatic heterocycles. The average Bonchev–Trinajstić information content (AvgIpc) is 2.55. The lowest BCUT2D eigenvalue weighted by atomic mass is 10.1. The number of rotatable bonds is 3. The van der Waals surface area contributed by atoms with Crippen LogP contribution in [0.15, 0.2) is 54.6 Å². The van der Waals surface area contributed by atoms with E-state index in [2.05, 4.69) is 10.3 Å². The van der Waals surface area contributed by atoms with Gasteiger partial charge in [0.2, 0.25) is 0 Å². The van der Waals surface area contributed by atoms with Crippen LogP contribution in [-0.2, 0) is 0 Å². The topological polar surface area (TPSA) is 42.0 Å². The molecule has 1 atom stereocenters. The van der Waals surface area contributed by atoms with E-state index < -0.39 is 0 Å². The van der Waals surface area contributed by atoms with E-state index in [4.69, 9.17) is 11.6 Å². The van der Waals surface area contributed by atoms with E-state index in [9.17, 15) is 4.79 Å². The van der Waals surface area contributed by atoms with Crippen molar-refractivity contribution in [3.8, 4) is 0 Å². The first-order valence-corrected chi connectivity index (χ1v) is 7.85. The fraction of sp³-hybridized carbons (Fsp3) is 0.158. The van der Waals surface area contributed by atoms with Crippen LogP contribution in [0.5, 0.6) is 0 Å². The number of nitrogens with zero attached hydrogens (tertiary/aromatic N) is 1. The van der Waals surface area contributed by atoms with Gasteiger partial charge in [0.1, 0.15) is 0 Å². The molecule has 2 aromatic carbocycles. The molecule has 0 aliphatic rings. The lowest BCUT2D eigenvalue weighted by molar-refractivity contribution is 0.0939. The number of hydrogen-bond acceptors (Lipinski definition) is 2. The van der Waals surface area contributed by atoms with Crippen molar-refractivity contribution in [2.24, 2.45) is 0 Å². The van der Waals surface area contributed by atoms with Gasteiger partial charge in [-0.2, -0.15) is 0 Å². The van der Waals surface area contributed by atoms with Gasteiger partial charge in [-0.15, -0.1) is 0 Å². The minimum atomic E-state index is -0.131. The number of amides is 1. The Hall–Kier alpha value is -2.39. The molecule has 1 amide bonds. The summed E-state index contributed by atoms with van der Waals surface area (Å²) in [5, 5.41) is 4.51. The highest BCUT2D eigenvalue weighted by Gasteiger charge is 2.15. The van der Waals surface area contributed by atoms with E-state index in [0.29, 0.717) is 16.3 Å². The first kappa shape index (κ1) is 15.5. The quantitative estimate of drug-likeness (QED) is 0.759. The molecule has 3 rings (SSSR count). The Morgan fingerprint density at radius 3 is 2.61 bits per heavy atom. The molecule has 0 spiro atoms. The van der Waals surface area contributed by atoms with Crippen LogP contribution in [0.1, 0.15) is 34.6 Å². The molecule has 0 fully saturated rings. The number of carbonyl (C=O) groups is 1. The van der Waals surface area contributed by atoms with Crippen molar-refractivity contribution in [3.63, 3.8) is 0 Å². The van der Waals surface area contributed by atoms with Crippen molar-refractivity contribution >= 4 is 28.4 Å². The van der Waals surface area contributed by atoms with Crippen molar-refractivity contribution in [3.05, 3.63) is 76.4 Å². The van der Waals surface area contributed by atoms with Crippen molar-refractivity contribution < 1.29 is 4.79 Å². The van der Waals surface area contributed by atoms with Gasteiger partial charge in [0.25, 0.3) is 5.91 Å². The molecule has 3 nitrogen and oxygen atoms in total. The minimum absolute atomic E-state index is 0.0711. The van der Waals surface area contributed by atoms with Crippen LogP contribution < -0.4 is 5.32 Å². The molecule has 0 saturated heterocycles. The molecule has 3 aromatic rings. The molecule has 1 heterocycles. The first-order chi connectivity index (χ1) is 11.0. The number of carbonyl (C=O) groups excluding carboxylic acids is 1. The summed E-state index contributed by atoms with van der Waals surface area (Å²) in [6.07, 6.45) is 0. The second-order valence-corrected chi connectivity index (χ2v) is 6.00. The number of aryl methyl sites for hydroxylation is 1. The molecule has 0 aliphatic carbocycles. The van der Waals surface area contributed by atoms with E-state index in [1.165, 1.54) is 0 Å². The molecule has 4 heteroatoms. The number of benzene rings is 2. The number of aromatic nitrogens is 1. The Bertz CT molecular complexity index is 862. The summed E-state index contributed by atoms with van der Waals surface area (Å²) in [5.74, 6) is -0.131. The highest BCUT2D eigenvalue weighted by Crippen LogP contribution is 2.21. The van der Waals surface area contributed by atoms with Gasteiger partial charge in [0.15, 0.2) is 0 Å². The molecule has 23 heavy (non-hydrogen) atoms. The Labute approximate surface area is 140 Å². The first-order valence-electron chi connectivity index (χ1n) is 7.47. The Balaban J connectivity index is 1.90. The second-order valence-electron chi connectivity index (χ2n) is 5.56. The standard InChI is InChI=1S/C19H17ClN2O/c1-12(14-6-4-3-5-7-14)22-19(23)17-11-15-10-16(20)8-9-18(15)21-13(17)2/h3-12H,1-2H3,(H,22,23)/t12-/m1/s1. The van der Waals surface area contributed by atoms with E-state index in [1.807, 2.05) is 62.4 Å². The van der Waals surface area contributed by atoms with E-state index >= 15 is 0 Å². The number of pyridine rings is 1. The molecule has 0 unspecified atom stereocenters. The SMILES string of the molecule is Cc1nc2ccc(Cl)cc2cc1C(=O)N[C@H](C)c1ccccc1. The summed E-state index contributed by atoms with van der Waals surface area (Å²) in [5.41, 5.74) is 3.18. The normalized spacial score (nSPS) is 12.1. The summed E-state index contributed by atoms with van der Waals surface area (Å²) in [4.78, 5) is 17.1. The van der Waals surface area contributed by atoms with Crippen LogP contribution >= 0.6 is 11.6 Å². The Morgan fingerprint density at radius 2 is 1.87 bits per heavy atom. The maximum atomic E-state index is 12.6. The van der Waals surface area contributed by atoms with Gasteiger partial charge in [-0.3, -0.25) is 9.78 Å². The fourth-order valence-electron chi connectivity index (χ4n) is 2.57. The predicted molar refractivity (Wildman–Crippen MR) is 93.8 cm³/mol. The summed E-state index contributed by atoms with van der Waals surface area (Å²) < 4.78 is 0. The monoisotopic (exact) mass is 324 g/mol. The third kappa shape index (κ3) is 3.35. The number of fused-ring (bicyclic) bond motifs is 1. The molecule has 0 bridgehead atoms. The van der Waals surface area contributed by atoms with Gasteiger partial charge < -0.3 is 5.32 Å². The van der Waals surface area contributed by atoms with Crippen molar-refractivity contribution in [1.82, 2.24) is 10.3 Å². The van der Waals surface area contributed by atoms with Crippen LogP contribution in [0.3, 0.4) is 0 Å². The van der Waals surface area contributed by atoms with Crippen LogP contribution in [0.4, 0.5) is 0 Å². The molecule has 0 aliphatic heterocycles. The van der Waals surface area contributed by atoms with Gasteiger partial charge >= 0.3 is 0 Å². The van der Waals surface area contributed by atoms with Crippen molar-refractivity contribution in [2.75, 3.05) is 0 Å². The lowest BCUT2D eigenvalue weighted by Gasteiger charge is -2.15. The molecular weight excluding hydrogens is 308 g/mol. The van der Waals surface area contributed by atoms with E-state index in [0.717, 1.165) is 16.5 Å². The summed E-state index contributed by atoms with van der Waals surface area (Å²) in [6.45, 7) is 3.81. The molecule has 116 valence electrons. The zero-order valence-electron chi connectivity index (χ0n) is 13.0. The summed E-state index contributed by atoms with van der Waals surface area (Å²) >= 11 is 6.03. The highest BCUT2D eigenvalue weighted by atomic mass is 35.5. The fourth-order valence-corrected chi connectivity index (χ4v) is 2.75. The second kappa shape index (κ2) is 6.39. The zero-order valence-corrected chi connectivity index (χ0v) is 13.8. The maximum Gasteiger partial charge on any atom is 0.253 e. The van der Waals surface area contributed by atoms with Crippen LogP contribution in [0.2, 0.25) is 5.02 Å². The van der Waals surface area contributed by atoms with Crippen LogP contribution in [0, 0.1) is 6.92 Å². The van der Waals surface area contributed by atoms with E-state index in [-0.39, 0.29) is 11.9 Å². The third-order valence-corrected chi connectivity index (χ3v) is 4.09. The van der Waals surface area contributed by atoms with Gasteiger partial charge in [-0.25, -0.2) is 0 Å². The molecule has 0 radical (unpaired) electrons. The van der Waals surface area contributed by atoms with Gasteiger partial charge in [0.05, 0.1) is 22.8 Å². The Kier molecular flexibility index (Phi) is 4.30. The van der Waals surface area contributed by atoms with Crippen molar-refractivity contribution in [1.29, 1.82) is 0 Å². The average molecular weight is 325 g/mol. The third-order valence-electron chi connectivity index (χ3n) is 3.86. The van der Waals surface area contributed by atoms with Gasteiger partial charge in [-0.05, 0) is 43.7 Å².